The number of carbonyl (C=O) groups is 1. The van der Waals surface area contributed by atoms with Gasteiger partial charge in [-0.05, 0) is 37.1 Å². The lowest BCUT2D eigenvalue weighted by Gasteiger charge is -2.22. The zero-order valence-electron chi connectivity index (χ0n) is 11.5. The smallest absolute Gasteiger partial charge is 0.335 e. The summed E-state index contributed by atoms with van der Waals surface area (Å²) in [7, 11) is 0. The van der Waals surface area contributed by atoms with Crippen LogP contribution in [0.5, 0.6) is 5.75 Å². The van der Waals surface area contributed by atoms with Gasteiger partial charge in [0.15, 0.2) is 0 Å². The summed E-state index contributed by atoms with van der Waals surface area (Å²) in [6.45, 7) is 1.75. The molecule has 110 valence electrons. The first-order chi connectivity index (χ1) is 9.59. The van der Waals surface area contributed by atoms with Crippen molar-refractivity contribution < 1.29 is 19.7 Å². The molecule has 2 rings (SSSR count). The van der Waals surface area contributed by atoms with E-state index in [1.54, 1.807) is 12.1 Å². The Morgan fingerprint density at radius 1 is 1.25 bits per heavy atom. The summed E-state index contributed by atoms with van der Waals surface area (Å²) >= 11 is 0. The third-order valence-corrected chi connectivity index (χ3v) is 3.64. The minimum atomic E-state index is -0.942. The molecule has 0 heterocycles. The van der Waals surface area contributed by atoms with Gasteiger partial charge < -0.3 is 20.3 Å². The fraction of sp³-hybridized carbons (Fsp3) is 0.533. The van der Waals surface area contributed by atoms with Crippen molar-refractivity contribution in [3.8, 4) is 5.75 Å². The lowest BCUT2D eigenvalue weighted by molar-refractivity contribution is 0.0471. The van der Waals surface area contributed by atoms with Gasteiger partial charge in [-0.2, -0.15) is 0 Å². The van der Waals surface area contributed by atoms with E-state index in [-0.39, 0.29) is 5.56 Å². The Kier molecular flexibility index (Phi) is 4.98. The van der Waals surface area contributed by atoms with Gasteiger partial charge in [-0.1, -0.05) is 12.8 Å². The number of rotatable bonds is 7. The molecule has 0 spiro atoms. The van der Waals surface area contributed by atoms with Crippen LogP contribution in [0, 0.1) is 0 Å². The molecular weight excluding hydrogens is 258 g/mol. The Hall–Kier alpha value is -1.59. The maximum Gasteiger partial charge on any atom is 0.335 e. The Labute approximate surface area is 118 Å². The van der Waals surface area contributed by atoms with Crippen LogP contribution in [-0.2, 0) is 0 Å². The first-order valence-corrected chi connectivity index (χ1v) is 6.98. The zero-order chi connectivity index (χ0) is 14.4. The van der Waals surface area contributed by atoms with Gasteiger partial charge in [0.1, 0.15) is 12.4 Å². The van der Waals surface area contributed by atoms with E-state index in [4.69, 9.17) is 9.84 Å². The van der Waals surface area contributed by atoms with Gasteiger partial charge in [-0.25, -0.2) is 4.79 Å². The number of nitrogens with one attached hydrogen (secondary N) is 1. The molecule has 20 heavy (non-hydrogen) atoms. The first kappa shape index (κ1) is 14.8. The molecule has 5 heteroatoms. The minimum Gasteiger partial charge on any atom is -0.492 e. The molecule has 0 saturated heterocycles. The quantitative estimate of drug-likeness (QED) is 0.662. The summed E-state index contributed by atoms with van der Waals surface area (Å²) in [5, 5.41) is 22.1. The molecule has 1 fully saturated rings. The first-order valence-electron chi connectivity index (χ1n) is 6.98. The zero-order valence-corrected chi connectivity index (χ0v) is 11.5. The third-order valence-electron chi connectivity index (χ3n) is 3.64. The summed E-state index contributed by atoms with van der Waals surface area (Å²) in [6.07, 6.45) is 3.95. The highest BCUT2D eigenvalue weighted by Gasteiger charge is 2.30. The highest BCUT2D eigenvalue weighted by atomic mass is 16.5. The van der Waals surface area contributed by atoms with Crippen molar-refractivity contribution in [2.45, 2.75) is 31.3 Å². The maximum absolute atomic E-state index is 10.7. The van der Waals surface area contributed by atoms with Crippen molar-refractivity contribution >= 4 is 5.97 Å². The second kappa shape index (κ2) is 6.72. The van der Waals surface area contributed by atoms with Gasteiger partial charge in [-0.3, -0.25) is 0 Å². The summed E-state index contributed by atoms with van der Waals surface area (Å²) in [6, 6.07) is 6.33. The number of hydrogen-bond donors (Lipinski definition) is 3. The molecule has 1 aliphatic rings. The second-order valence-corrected chi connectivity index (χ2v) is 5.29. The maximum atomic E-state index is 10.7. The lowest BCUT2D eigenvalue weighted by atomic mass is 10.0. The predicted octanol–water partition coefficient (Wildman–Crippen LogP) is 1.66. The van der Waals surface area contributed by atoms with Crippen LogP contribution in [0.15, 0.2) is 24.3 Å². The summed E-state index contributed by atoms with van der Waals surface area (Å²) in [5.74, 6) is -0.292. The van der Waals surface area contributed by atoms with Gasteiger partial charge in [0.2, 0.25) is 0 Å². The van der Waals surface area contributed by atoms with Crippen molar-refractivity contribution in [1.29, 1.82) is 0 Å². The van der Waals surface area contributed by atoms with Gasteiger partial charge in [0.05, 0.1) is 11.2 Å². The number of aliphatic hydroxyl groups is 1. The van der Waals surface area contributed by atoms with Crippen LogP contribution in [0.3, 0.4) is 0 Å². The molecular formula is C15H21NO4. The highest BCUT2D eigenvalue weighted by Crippen LogP contribution is 2.28. The standard InChI is InChI=1S/C15H21NO4/c17-14(18)12-3-5-13(6-4-12)20-10-9-16-11-15(19)7-1-2-8-15/h3-6,16,19H,1-2,7-11H2,(H,17,18). The number of benzene rings is 1. The van der Waals surface area contributed by atoms with Gasteiger partial charge in [0, 0.05) is 13.1 Å². The molecule has 0 aliphatic heterocycles. The lowest BCUT2D eigenvalue weighted by Crippen LogP contribution is -2.39. The Morgan fingerprint density at radius 3 is 2.50 bits per heavy atom. The van der Waals surface area contributed by atoms with Crippen molar-refractivity contribution in [2.24, 2.45) is 0 Å². The van der Waals surface area contributed by atoms with E-state index in [0.717, 1.165) is 25.7 Å². The molecule has 1 aliphatic carbocycles. The van der Waals surface area contributed by atoms with Crippen molar-refractivity contribution in [2.75, 3.05) is 19.7 Å². The van der Waals surface area contributed by atoms with E-state index in [1.807, 2.05) is 0 Å². The van der Waals surface area contributed by atoms with Gasteiger partial charge in [0.25, 0.3) is 0 Å². The molecule has 1 aromatic carbocycles. The molecule has 0 aromatic heterocycles. The van der Waals surface area contributed by atoms with Crippen LogP contribution < -0.4 is 10.1 Å². The van der Waals surface area contributed by atoms with Gasteiger partial charge >= 0.3 is 5.97 Å². The normalized spacial score (nSPS) is 17.1. The van der Waals surface area contributed by atoms with Gasteiger partial charge in [-0.15, -0.1) is 0 Å². The van der Waals surface area contributed by atoms with E-state index in [2.05, 4.69) is 5.32 Å². The molecule has 0 amide bonds. The molecule has 3 N–H and O–H groups in total. The monoisotopic (exact) mass is 279 g/mol. The van der Waals surface area contributed by atoms with Crippen LogP contribution in [0.25, 0.3) is 0 Å². The fourth-order valence-electron chi connectivity index (χ4n) is 2.47. The average molecular weight is 279 g/mol. The van der Waals surface area contributed by atoms with Crippen LogP contribution >= 0.6 is 0 Å². The van der Waals surface area contributed by atoms with E-state index < -0.39 is 11.6 Å². The van der Waals surface area contributed by atoms with Crippen LogP contribution in [-0.4, -0.2) is 41.5 Å². The summed E-state index contributed by atoms with van der Waals surface area (Å²) < 4.78 is 5.50. The predicted molar refractivity (Wildman–Crippen MR) is 75.2 cm³/mol. The number of ether oxygens (including phenoxy) is 1. The average Bonchev–Trinajstić information content (AvgIpc) is 2.86. The number of hydrogen-bond acceptors (Lipinski definition) is 4. The van der Waals surface area contributed by atoms with Crippen molar-refractivity contribution in [3.63, 3.8) is 0 Å². The fourth-order valence-corrected chi connectivity index (χ4v) is 2.47. The number of aromatic carboxylic acids is 1. The van der Waals surface area contributed by atoms with Crippen LogP contribution in [0.4, 0.5) is 0 Å². The Balaban J connectivity index is 1.64. The molecule has 0 unspecified atom stereocenters. The minimum absolute atomic E-state index is 0.249. The molecule has 1 saturated carbocycles. The van der Waals surface area contributed by atoms with Crippen LogP contribution in [0.2, 0.25) is 0 Å². The topological polar surface area (TPSA) is 78.8 Å². The van der Waals surface area contributed by atoms with E-state index in [1.165, 1.54) is 12.1 Å². The van der Waals surface area contributed by atoms with Crippen molar-refractivity contribution in [1.82, 2.24) is 5.32 Å². The van der Waals surface area contributed by atoms with Crippen LogP contribution in [0.1, 0.15) is 36.0 Å². The highest BCUT2D eigenvalue weighted by molar-refractivity contribution is 5.87. The summed E-state index contributed by atoms with van der Waals surface area (Å²) in [4.78, 5) is 10.7. The molecule has 5 nitrogen and oxygen atoms in total. The second-order valence-electron chi connectivity index (χ2n) is 5.29. The van der Waals surface area contributed by atoms with E-state index >= 15 is 0 Å². The Bertz CT molecular complexity index is 438. The van der Waals surface area contributed by atoms with E-state index in [0.29, 0.717) is 25.4 Å². The number of carboxylic acids is 1. The van der Waals surface area contributed by atoms with Crippen molar-refractivity contribution in [3.05, 3.63) is 29.8 Å². The van der Waals surface area contributed by atoms with E-state index in [9.17, 15) is 9.90 Å². The Morgan fingerprint density at radius 2 is 1.90 bits per heavy atom. The molecule has 1 aromatic rings. The largest absolute Gasteiger partial charge is 0.492 e. The summed E-state index contributed by atoms with van der Waals surface area (Å²) in [5.41, 5.74) is -0.290. The number of carboxylic acid groups (broad SMARTS) is 1. The molecule has 0 bridgehead atoms. The third kappa shape index (κ3) is 4.21. The molecule has 0 atom stereocenters. The SMILES string of the molecule is O=C(O)c1ccc(OCCNCC2(O)CCCC2)cc1. The molecule has 0 radical (unpaired) electrons.